The van der Waals surface area contributed by atoms with E-state index >= 15 is 0 Å². The smallest absolute Gasteiger partial charge is 0.356 e. The zero-order valence-electron chi connectivity index (χ0n) is 12.3. The first-order valence-electron chi connectivity index (χ1n) is 7.19. The molecule has 1 heterocycles. The fraction of sp³-hybridized carbons (Fsp3) is 0.438. The molecule has 2 rings (SSSR count). The lowest BCUT2D eigenvalue weighted by atomic mass is 9.69. The first-order valence-corrected chi connectivity index (χ1v) is 7.19. The molecule has 0 radical (unpaired) electrons. The summed E-state index contributed by atoms with van der Waals surface area (Å²) >= 11 is 0. The molecule has 1 aromatic rings. The van der Waals surface area contributed by atoms with Gasteiger partial charge in [0.2, 0.25) is 0 Å². The number of carbonyl (C=O) groups is 2. The molecule has 5 heteroatoms. The fourth-order valence-electron chi connectivity index (χ4n) is 2.83. The van der Waals surface area contributed by atoms with Crippen LogP contribution in [0.15, 0.2) is 36.6 Å². The lowest BCUT2D eigenvalue weighted by molar-refractivity contribution is 0.0650. The van der Waals surface area contributed by atoms with Gasteiger partial charge in [0.05, 0.1) is 5.41 Å². The van der Waals surface area contributed by atoms with Crippen molar-refractivity contribution in [3.63, 3.8) is 0 Å². The number of carbonyl (C=O) groups excluding carboxylic acids is 1. The van der Waals surface area contributed by atoms with Gasteiger partial charge >= 0.3 is 5.97 Å². The standard InChI is InChI=1S/C16H20N2O3/c1-3-7-12(2)16(9-5-4-6-10-16)15(21)18-11-8-13(17-18)14(19)20/h4-6,8-9,11-12H,3,7,10H2,1-2H3,(H,19,20). The van der Waals surface area contributed by atoms with Crippen molar-refractivity contribution in [3.05, 3.63) is 42.3 Å². The number of hydrogen-bond acceptors (Lipinski definition) is 3. The predicted octanol–water partition coefficient (Wildman–Crippen LogP) is 3.16. The third-order valence-corrected chi connectivity index (χ3v) is 4.11. The summed E-state index contributed by atoms with van der Waals surface area (Å²) in [6.07, 6.45) is 11.7. The second-order valence-corrected chi connectivity index (χ2v) is 5.48. The molecule has 0 saturated carbocycles. The van der Waals surface area contributed by atoms with Crippen molar-refractivity contribution in [3.8, 4) is 0 Å². The predicted molar refractivity (Wildman–Crippen MR) is 79.2 cm³/mol. The van der Waals surface area contributed by atoms with Crippen molar-refractivity contribution in [1.82, 2.24) is 9.78 Å². The van der Waals surface area contributed by atoms with Crippen molar-refractivity contribution in [2.45, 2.75) is 33.1 Å². The van der Waals surface area contributed by atoms with Crippen LogP contribution in [0.4, 0.5) is 0 Å². The average Bonchev–Trinajstić information content (AvgIpc) is 2.97. The van der Waals surface area contributed by atoms with E-state index in [0.717, 1.165) is 12.8 Å². The highest BCUT2D eigenvalue weighted by Crippen LogP contribution is 2.40. The van der Waals surface area contributed by atoms with Crippen molar-refractivity contribution in [1.29, 1.82) is 0 Å². The van der Waals surface area contributed by atoms with Crippen LogP contribution in [0.2, 0.25) is 0 Å². The Hall–Kier alpha value is -2.17. The van der Waals surface area contributed by atoms with Gasteiger partial charge in [-0.15, -0.1) is 0 Å². The summed E-state index contributed by atoms with van der Waals surface area (Å²) in [6, 6.07) is 1.35. The molecule has 1 aliphatic rings. The van der Waals surface area contributed by atoms with E-state index in [4.69, 9.17) is 5.11 Å². The Labute approximate surface area is 124 Å². The van der Waals surface area contributed by atoms with Crippen LogP contribution in [0.3, 0.4) is 0 Å². The molecule has 1 N–H and O–H groups in total. The van der Waals surface area contributed by atoms with Gasteiger partial charge < -0.3 is 5.11 Å². The number of allylic oxidation sites excluding steroid dienone is 4. The molecule has 2 unspecified atom stereocenters. The Kier molecular flexibility index (Phi) is 4.40. The van der Waals surface area contributed by atoms with E-state index in [9.17, 15) is 9.59 Å². The zero-order valence-corrected chi connectivity index (χ0v) is 12.3. The number of aromatic carboxylic acids is 1. The Balaban J connectivity index is 2.36. The molecule has 0 aliphatic heterocycles. The van der Waals surface area contributed by atoms with Crippen LogP contribution >= 0.6 is 0 Å². The molecule has 0 saturated heterocycles. The first kappa shape index (κ1) is 15.2. The van der Waals surface area contributed by atoms with Crippen LogP contribution < -0.4 is 0 Å². The maximum absolute atomic E-state index is 12.9. The van der Waals surface area contributed by atoms with E-state index in [0.29, 0.717) is 6.42 Å². The number of carboxylic acids is 1. The second kappa shape index (κ2) is 6.08. The maximum atomic E-state index is 12.9. The van der Waals surface area contributed by atoms with Crippen molar-refractivity contribution >= 4 is 11.9 Å². The van der Waals surface area contributed by atoms with Gasteiger partial charge in [-0.3, -0.25) is 4.79 Å². The average molecular weight is 288 g/mol. The van der Waals surface area contributed by atoms with Gasteiger partial charge in [0.15, 0.2) is 5.69 Å². The summed E-state index contributed by atoms with van der Waals surface area (Å²) < 4.78 is 1.17. The maximum Gasteiger partial charge on any atom is 0.356 e. The quantitative estimate of drug-likeness (QED) is 0.903. The monoisotopic (exact) mass is 288 g/mol. The lowest BCUT2D eigenvalue weighted by Crippen LogP contribution is -2.40. The Bertz CT molecular complexity index is 600. The van der Waals surface area contributed by atoms with Crippen LogP contribution in [-0.2, 0) is 0 Å². The summed E-state index contributed by atoms with van der Waals surface area (Å²) in [7, 11) is 0. The molecule has 5 nitrogen and oxygen atoms in total. The normalized spacial score (nSPS) is 22.2. The van der Waals surface area contributed by atoms with Crippen LogP contribution in [0.5, 0.6) is 0 Å². The Morgan fingerprint density at radius 3 is 2.76 bits per heavy atom. The molecule has 1 aliphatic carbocycles. The molecule has 0 fully saturated rings. The van der Waals surface area contributed by atoms with Crippen LogP contribution in [0.1, 0.15) is 48.4 Å². The van der Waals surface area contributed by atoms with Crippen LogP contribution in [0, 0.1) is 11.3 Å². The molecule has 0 amide bonds. The molecule has 1 aromatic heterocycles. The molecule has 2 atom stereocenters. The highest BCUT2D eigenvalue weighted by molar-refractivity contribution is 5.89. The minimum atomic E-state index is -1.13. The number of aromatic nitrogens is 2. The largest absolute Gasteiger partial charge is 0.476 e. The van der Waals surface area contributed by atoms with E-state index < -0.39 is 11.4 Å². The van der Waals surface area contributed by atoms with Crippen LogP contribution in [0.25, 0.3) is 0 Å². The molecule has 0 aromatic carbocycles. The molecule has 0 bridgehead atoms. The van der Waals surface area contributed by atoms with Gasteiger partial charge in [-0.1, -0.05) is 44.6 Å². The van der Waals surface area contributed by atoms with Gasteiger partial charge in [-0.25, -0.2) is 9.48 Å². The molecule has 0 spiro atoms. The number of nitrogens with zero attached hydrogens (tertiary/aromatic N) is 2. The number of rotatable bonds is 5. The van der Waals surface area contributed by atoms with Gasteiger partial charge in [0.25, 0.3) is 5.91 Å². The summed E-state index contributed by atoms with van der Waals surface area (Å²) in [5, 5.41) is 12.8. The van der Waals surface area contributed by atoms with Gasteiger partial charge in [0.1, 0.15) is 0 Å². The minimum absolute atomic E-state index is 0.114. The Morgan fingerprint density at radius 1 is 1.48 bits per heavy atom. The second-order valence-electron chi connectivity index (χ2n) is 5.48. The highest BCUT2D eigenvalue weighted by atomic mass is 16.4. The molecular weight excluding hydrogens is 268 g/mol. The van der Waals surface area contributed by atoms with E-state index in [1.165, 1.54) is 16.9 Å². The van der Waals surface area contributed by atoms with Gasteiger partial charge in [-0.05, 0) is 24.8 Å². The summed E-state index contributed by atoms with van der Waals surface area (Å²) in [4.78, 5) is 23.8. The van der Waals surface area contributed by atoms with Crippen LogP contribution in [-0.4, -0.2) is 26.8 Å². The first-order chi connectivity index (χ1) is 10.0. The summed E-state index contributed by atoms with van der Waals surface area (Å²) in [6.45, 7) is 4.15. The Morgan fingerprint density at radius 2 is 2.24 bits per heavy atom. The van der Waals surface area contributed by atoms with Crippen molar-refractivity contribution < 1.29 is 14.7 Å². The van der Waals surface area contributed by atoms with Crippen molar-refractivity contribution in [2.24, 2.45) is 11.3 Å². The number of hydrogen-bond donors (Lipinski definition) is 1. The molecule has 21 heavy (non-hydrogen) atoms. The summed E-state index contributed by atoms with van der Waals surface area (Å²) in [5.74, 6) is -1.14. The van der Waals surface area contributed by atoms with Gasteiger partial charge in [0, 0.05) is 6.20 Å². The van der Waals surface area contributed by atoms with Crippen molar-refractivity contribution in [2.75, 3.05) is 0 Å². The van der Waals surface area contributed by atoms with Gasteiger partial charge in [-0.2, -0.15) is 5.10 Å². The zero-order chi connectivity index (χ0) is 15.5. The SMILES string of the molecule is CCCC(C)C1(C(=O)n2ccc(C(=O)O)n2)C=CC=CC1. The van der Waals surface area contributed by atoms with E-state index in [-0.39, 0.29) is 17.5 Å². The third-order valence-electron chi connectivity index (χ3n) is 4.11. The minimum Gasteiger partial charge on any atom is -0.476 e. The molecule has 112 valence electrons. The number of carboxylic acid groups (broad SMARTS) is 1. The topological polar surface area (TPSA) is 72.2 Å². The molecular formula is C16H20N2O3. The third kappa shape index (κ3) is 2.82. The summed E-state index contributed by atoms with van der Waals surface area (Å²) in [5.41, 5.74) is -0.760. The fourth-order valence-corrected chi connectivity index (χ4v) is 2.83. The van der Waals surface area contributed by atoms with E-state index in [2.05, 4.69) is 18.9 Å². The van der Waals surface area contributed by atoms with E-state index in [1.54, 1.807) is 0 Å². The van der Waals surface area contributed by atoms with E-state index in [1.807, 2.05) is 24.3 Å². The lowest BCUT2D eigenvalue weighted by Gasteiger charge is -2.35. The highest BCUT2D eigenvalue weighted by Gasteiger charge is 2.41.